The average Bonchev–Trinajstić information content (AvgIpc) is 3.09. The van der Waals surface area contributed by atoms with Gasteiger partial charge in [-0.05, 0) is 48.2 Å². The Hall–Kier alpha value is -2.70. The number of hydrogen-bond donors (Lipinski definition) is 1. The first-order valence-electron chi connectivity index (χ1n) is 9.81. The van der Waals surface area contributed by atoms with E-state index in [1.807, 2.05) is 0 Å². The van der Waals surface area contributed by atoms with Gasteiger partial charge in [-0.15, -0.1) is 0 Å². The van der Waals surface area contributed by atoms with E-state index in [0.717, 1.165) is 24.3 Å². The van der Waals surface area contributed by atoms with Crippen LogP contribution in [-0.4, -0.2) is 32.7 Å². The van der Waals surface area contributed by atoms with E-state index in [2.05, 4.69) is 5.32 Å². The third-order valence-corrected chi connectivity index (χ3v) is 8.87. The number of hydrogen-bond acceptors (Lipinski definition) is 3. The summed E-state index contributed by atoms with van der Waals surface area (Å²) in [6, 6.07) is 3.87. The smallest absolute Gasteiger partial charge is 0.351 e. The molecule has 184 valence electrons. The van der Waals surface area contributed by atoms with E-state index in [1.54, 1.807) is 0 Å². The molecule has 1 saturated heterocycles. The number of carbonyl (C=O) groups excluding carboxylic acids is 1. The van der Waals surface area contributed by atoms with E-state index in [1.165, 1.54) is 0 Å². The maximum absolute atomic E-state index is 14.6. The van der Waals surface area contributed by atoms with Crippen molar-refractivity contribution in [3.8, 4) is 0 Å². The lowest BCUT2D eigenvalue weighted by molar-refractivity contribution is -0.348. The molecule has 34 heavy (non-hydrogen) atoms. The van der Waals surface area contributed by atoms with Crippen molar-refractivity contribution in [1.82, 2.24) is 5.32 Å². The highest BCUT2D eigenvalue weighted by atomic mass is 32.2. The van der Waals surface area contributed by atoms with Crippen molar-refractivity contribution in [3.05, 3.63) is 65.0 Å². The molecule has 0 bridgehead atoms. The van der Waals surface area contributed by atoms with Gasteiger partial charge in [0.25, 0.3) is 0 Å². The fourth-order valence-electron chi connectivity index (χ4n) is 4.78. The molecule has 0 aromatic heterocycles. The second-order valence-electron chi connectivity index (χ2n) is 8.21. The summed E-state index contributed by atoms with van der Waals surface area (Å²) in [6.07, 6.45) is -13.7. The van der Waals surface area contributed by atoms with Crippen LogP contribution in [0.4, 0.5) is 35.1 Å². The molecule has 1 heterocycles. The monoisotopic (exact) mass is 513 g/mol. The summed E-state index contributed by atoms with van der Waals surface area (Å²) in [5.74, 6) is -1.45. The Morgan fingerprint density at radius 3 is 2.06 bits per heavy atom. The molecule has 2 aromatic carbocycles. The van der Waals surface area contributed by atoms with E-state index < -0.39 is 67.3 Å². The van der Waals surface area contributed by atoms with Crippen LogP contribution in [0, 0.1) is 5.82 Å². The molecule has 2 atom stereocenters. The fourth-order valence-corrected chi connectivity index (χ4v) is 7.05. The summed E-state index contributed by atoms with van der Waals surface area (Å²) in [4.78, 5) is 11.9. The Bertz CT molecular complexity index is 1240. The molecular formula is C21H15F8NO3S. The van der Waals surface area contributed by atoms with Crippen LogP contribution in [0.3, 0.4) is 0 Å². The van der Waals surface area contributed by atoms with Crippen LogP contribution >= 0.6 is 0 Å². The third-order valence-electron chi connectivity index (χ3n) is 6.37. The first-order chi connectivity index (χ1) is 15.6. The lowest BCUT2D eigenvalue weighted by atomic mass is 9.77. The van der Waals surface area contributed by atoms with E-state index in [4.69, 9.17) is 0 Å². The molecule has 0 saturated carbocycles. The maximum atomic E-state index is 14.6. The molecule has 13 heteroatoms. The minimum absolute atomic E-state index is 0.139. The van der Waals surface area contributed by atoms with E-state index in [-0.39, 0.29) is 30.0 Å². The molecule has 4 nitrogen and oxygen atoms in total. The summed E-state index contributed by atoms with van der Waals surface area (Å²) >= 11 is 0. The third kappa shape index (κ3) is 3.23. The van der Waals surface area contributed by atoms with Gasteiger partial charge in [0.15, 0.2) is 9.84 Å². The zero-order valence-electron chi connectivity index (χ0n) is 16.9. The number of alkyl halides is 7. The molecule has 0 spiro atoms. The molecule has 4 rings (SSSR count). The van der Waals surface area contributed by atoms with Crippen LogP contribution in [0.25, 0.3) is 0 Å². The standard InChI is InChI=1S/C21H15F8NO3S/c22-13-3-5-14(6-4-13)34(32,33)18-10-17(31)30-16(18)8-1-11-9-12(2-7-15(11)18)19(23,20(24,25)26)21(27,28)29/h2-7,9,16H,1,8,10H2,(H,30,31)/t16-,18-/m0/s1. The van der Waals surface area contributed by atoms with Gasteiger partial charge in [0, 0.05) is 5.56 Å². The van der Waals surface area contributed by atoms with Gasteiger partial charge in [0.1, 0.15) is 10.6 Å². The van der Waals surface area contributed by atoms with Gasteiger partial charge in [0.2, 0.25) is 5.91 Å². The number of aryl methyl sites for hydroxylation is 1. The molecular weight excluding hydrogens is 498 g/mol. The number of sulfone groups is 1. The molecule has 2 aromatic rings. The lowest BCUT2D eigenvalue weighted by Gasteiger charge is -2.40. The van der Waals surface area contributed by atoms with Gasteiger partial charge in [-0.25, -0.2) is 17.2 Å². The quantitative estimate of drug-likeness (QED) is 0.482. The minimum Gasteiger partial charge on any atom is -0.351 e. The van der Waals surface area contributed by atoms with Gasteiger partial charge >= 0.3 is 18.0 Å². The molecule has 0 unspecified atom stereocenters. The van der Waals surface area contributed by atoms with Crippen LogP contribution in [0.5, 0.6) is 0 Å². The van der Waals surface area contributed by atoms with Crippen LogP contribution < -0.4 is 5.32 Å². The molecule has 1 fully saturated rings. The van der Waals surface area contributed by atoms with Crippen molar-refractivity contribution in [2.75, 3.05) is 0 Å². The largest absolute Gasteiger partial charge is 0.435 e. The lowest BCUT2D eigenvalue weighted by Crippen LogP contribution is -2.51. The van der Waals surface area contributed by atoms with Gasteiger partial charge in [-0.3, -0.25) is 4.79 Å². The van der Waals surface area contributed by atoms with Crippen molar-refractivity contribution in [2.45, 2.75) is 53.0 Å². The zero-order chi connectivity index (χ0) is 25.3. The number of nitrogens with one attached hydrogen (secondary N) is 1. The van der Waals surface area contributed by atoms with Crippen LogP contribution in [-0.2, 0) is 31.5 Å². The van der Waals surface area contributed by atoms with Crippen molar-refractivity contribution < 1.29 is 48.3 Å². The molecule has 1 N–H and O–H groups in total. The SMILES string of the molecule is O=C1C[C@]2(S(=O)(=O)c3ccc(F)cc3)c3ccc(C(F)(C(F)(F)F)C(F)(F)F)cc3CC[C@@H]2N1. The number of carbonyl (C=O) groups is 1. The highest BCUT2D eigenvalue weighted by Crippen LogP contribution is 2.55. The molecule has 1 amide bonds. The Kier molecular flexibility index (Phi) is 5.31. The zero-order valence-corrected chi connectivity index (χ0v) is 17.7. The summed E-state index contributed by atoms with van der Waals surface area (Å²) in [7, 11) is -4.52. The highest BCUT2D eigenvalue weighted by molar-refractivity contribution is 7.92. The number of fused-ring (bicyclic) bond motifs is 3. The minimum atomic E-state index is -6.33. The second kappa shape index (κ2) is 7.40. The fraction of sp³-hybridized carbons (Fsp3) is 0.381. The van der Waals surface area contributed by atoms with Gasteiger partial charge < -0.3 is 5.32 Å². The number of rotatable bonds is 3. The van der Waals surface area contributed by atoms with E-state index in [0.29, 0.717) is 12.1 Å². The predicted octanol–water partition coefficient (Wildman–Crippen LogP) is 4.62. The number of halogens is 8. The molecule has 1 aliphatic carbocycles. The average molecular weight is 513 g/mol. The predicted molar refractivity (Wildman–Crippen MR) is 101 cm³/mol. The van der Waals surface area contributed by atoms with Gasteiger partial charge in [-0.1, -0.05) is 18.2 Å². The normalized spacial score (nSPS) is 23.3. The Morgan fingerprint density at radius 1 is 0.912 bits per heavy atom. The van der Waals surface area contributed by atoms with Crippen LogP contribution in [0.15, 0.2) is 47.4 Å². The van der Waals surface area contributed by atoms with Crippen LogP contribution in [0.2, 0.25) is 0 Å². The summed E-state index contributed by atoms with van der Waals surface area (Å²) in [6.45, 7) is 0. The van der Waals surface area contributed by atoms with Gasteiger partial charge in [0.05, 0.1) is 17.4 Å². The van der Waals surface area contributed by atoms with E-state index in [9.17, 15) is 48.3 Å². The van der Waals surface area contributed by atoms with Crippen molar-refractivity contribution >= 4 is 15.7 Å². The Morgan fingerprint density at radius 2 is 1.50 bits per heavy atom. The topological polar surface area (TPSA) is 63.2 Å². The van der Waals surface area contributed by atoms with E-state index >= 15 is 0 Å². The first-order valence-corrected chi connectivity index (χ1v) is 11.3. The van der Waals surface area contributed by atoms with Crippen LogP contribution in [0.1, 0.15) is 29.5 Å². The highest BCUT2D eigenvalue weighted by Gasteiger charge is 2.73. The number of benzene rings is 2. The summed E-state index contributed by atoms with van der Waals surface area (Å²) in [5, 5.41) is 2.49. The summed E-state index contributed by atoms with van der Waals surface area (Å²) in [5.41, 5.74) is -7.89. The molecule has 0 radical (unpaired) electrons. The Labute approximate surface area is 187 Å². The van der Waals surface area contributed by atoms with Crippen molar-refractivity contribution in [1.29, 1.82) is 0 Å². The van der Waals surface area contributed by atoms with Crippen molar-refractivity contribution in [2.24, 2.45) is 0 Å². The first kappa shape index (κ1) is 24.4. The maximum Gasteiger partial charge on any atom is 0.435 e. The summed E-state index contributed by atoms with van der Waals surface area (Å²) < 4.78 is 133. The number of amides is 1. The van der Waals surface area contributed by atoms with Gasteiger partial charge in [-0.2, -0.15) is 26.3 Å². The molecule has 1 aliphatic heterocycles. The molecule has 2 aliphatic rings. The Balaban J connectivity index is 1.95. The second-order valence-corrected chi connectivity index (χ2v) is 10.4. The van der Waals surface area contributed by atoms with Crippen molar-refractivity contribution in [3.63, 3.8) is 0 Å².